The second-order valence-electron chi connectivity index (χ2n) is 20.4. The number of hydrogen-bond donors (Lipinski definition) is 2. The van der Waals surface area contributed by atoms with Gasteiger partial charge in [0.25, 0.3) is 0 Å². The van der Waals surface area contributed by atoms with Crippen LogP contribution in [0.2, 0.25) is 0 Å². The van der Waals surface area contributed by atoms with Crippen molar-refractivity contribution in [2.24, 2.45) is 0 Å². The van der Waals surface area contributed by atoms with Crippen LogP contribution in [0.25, 0.3) is 0 Å². The number of likely N-dealkylation sites (N-methyl/N-ethyl adjacent to an activating group) is 1. The first-order valence-corrected chi connectivity index (χ1v) is 28.4. The van der Waals surface area contributed by atoms with Gasteiger partial charge < -0.3 is 15.1 Å². The van der Waals surface area contributed by atoms with E-state index in [1.165, 1.54) is 205 Å². The number of carbonyl (C=O) groups excluding carboxylic acids is 1. The maximum absolute atomic E-state index is 13.9. The van der Waals surface area contributed by atoms with Gasteiger partial charge >= 0.3 is 41.8 Å². The number of quaternary nitrogens is 1. The summed E-state index contributed by atoms with van der Waals surface area (Å²) >= 11 is 0.475. The molecule has 18 heteroatoms. The Hall–Kier alpha value is -1.33. The first kappa shape index (κ1) is 68.7. The largest absolute Gasteiger partial charge is 0.460 e. The first-order chi connectivity index (χ1) is 32.9. The van der Waals surface area contributed by atoms with Crippen LogP contribution in [0.15, 0.2) is 0 Å². The van der Waals surface area contributed by atoms with E-state index < -0.39 is 54.0 Å². The summed E-state index contributed by atoms with van der Waals surface area (Å²) in [5, 5.41) is 5.19. The van der Waals surface area contributed by atoms with Crippen molar-refractivity contribution < 1.29 is 66.4 Å². The smallest absolute Gasteiger partial charge is 0.338 e. The third kappa shape index (κ3) is 29.5. The molecule has 2 N–H and O–H groups in total. The van der Waals surface area contributed by atoms with E-state index in [0.717, 1.165) is 19.4 Å². The Labute approximate surface area is 419 Å². The van der Waals surface area contributed by atoms with Crippen molar-refractivity contribution in [1.29, 1.82) is 0 Å². The van der Waals surface area contributed by atoms with Gasteiger partial charge in [-0.1, -0.05) is 212 Å². The Morgan fingerprint density at radius 1 is 0.371 bits per heavy atom. The Balaban J connectivity index is 3.68. The number of urea groups is 1. The molecule has 420 valence electrons. The molecule has 0 aliphatic carbocycles. The minimum Gasteiger partial charge on any atom is -0.338 e. The minimum atomic E-state index is -7.89. The van der Waals surface area contributed by atoms with Gasteiger partial charge in [0.1, 0.15) is 0 Å². The molecule has 0 saturated carbocycles. The molecule has 0 atom stereocenters. The molecule has 0 unspecified atom stereocenters. The molecular weight excluding hydrogens is 962 g/mol. The number of nitrogens with one attached hydrogen (secondary N) is 2. The van der Waals surface area contributed by atoms with E-state index in [-0.39, 0.29) is 18.7 Å². The lowest BCUT2D eigenvalue weighted by Gasteiger charge is -2.39. The number of alkyl halides is 13. The molecule has 0 aromatic heterocycles. The van der Waals surface area contributed by atoms with Crippen molar-refractivity contribution in [3.63, 3.8) is 0 Å². The van der Waals surface area contributed by atoms with E-state index in [4.69, 9.17) is 0 Å². The minimum absolute atomic E-state index is 0.000180. The zero-order valence-electron chi connectivity index (χ0n) is 43.4. The van der Waals surface area contributed by atoms with Crippen molar-refractivity contribution in [2.45, 2.75) is 274 Å². The number of rotatable bonds is 49. The SMILES string of the molecule is CCCCCCCCCCCCCCCCCCCCCCCCCCCCCCCCCCCC[N+](C)(C)CCNC(=O)NCCCSCCC(F)(F)C(F)(F)C(F)(F)C(F)(F)C(F)(F)C(F)(F)F. The highest BCUT2D eigenvalue weighted by Crippen LogP contribution is 2.60. The summed E-state index contributed by atoms with van der Waals surface area (Å²) in [6.45, 7) is 4.23. The van der Waals surface area contributed by atoms with Gasteiger partial charge in [-0.25, -0.2) is 4.79 Å². The molecule has 0 radical (unpaired) electrons. The van der Waals surface area contributed by atoms with E-state index in [2.05, 4.69) is 31.7 Å². The van der Waals surface area contributed by atoms with E-state index in [9.17, 15) is 61.9 Å². The monoisotopic (exact) mass is 1060 g/mol. The van der Waals surface area contributed by atoms with Gasteiger partial charge in [-0.2, -0.15) is 68.8 Å². The lowest BCUT2D eigenvalue weighted by molar-refractivity contribution is -0.889. The molecule has 0 aliphatic heterocycles. The third-order valence-corrected chi connectivity index (χ3v) is 14.5. The Bertz CT molecular complexity index is 1260. The van der Waals surface area contributed by atoms with Crippen LogP contribution in [0.1, 0.15) is 238 Å². The number of carbonyl (C=O) groups is 1. The second-order valence-corrected chi connectivity index (χ2v) is 21.7. The summed E-state index contributed by atoms with van der Waals surface area (Å²) in [5.74, 6) is -37.8. The zero-order valence-corrected chi connectivity index (χ0v) is 44.2. The molecule has 4 nitrogen and oxygen atoms in total. The molecule has 70 heavy (non-hydrogen) atoms. The molecule has 0 bridgehead atoms. The van der Waals surface area contributed by atoms with E-state index in [0.29, 0.717) is 29.3 Å². The summed E-state index contributed by atoms with van der Waals surface area (Å²) in [6, 6.07) is -0.526. The summed E-state index contributed by atoms with van der Waals surface area (Å²) in [4.78, 5) is 12.1. The van der Waals surface area contributed by atoms with Crippen molar-refractivity contribution in [3.05, 3.63) is 0 Å². The standard InChI is InChI=1S/C52H94F13N3OS/c1-4-5-6-7-8-9-10-11-12-13-14-15-16-17-18-19-20-21-22-23-24-25-26-27-28-29-30-31-32-33-34-35-36-37-42-68(2,3)43-41-67-46(69)66-40-38-44-70-45-39-47(53,54)48(55,56)49(57,58)50(59,60)51(61,62)52(63,64)65/h4-45H2,1-3H3,(H-,66,67,69)/p+1. The normalized spacial score (nSPS) is 13.4. The van der Waals surface area contributed by atoms with Gasteiger partial charge in [-0.15, -0.1) is 0 Å². The highest BCUT2D eigenvalue weighted by Gasteiger charge is 2.90. The second kappa shape index (κ2) is 38.3. The summed E-state index contributed by atoms with van der Waals surface area (Å²) in [6.07, 6.45) is 37.0. The van der Waals surface area contributed by atoms with Gasteiger partial charge in [0.15, 0.2) is 0 Å². The highest BCUT2D eigenvalue weighted by molar-refractivity contribution is 7.99. The fraction of sp³-hybridized carbons (Fsp3) is 0.981. The lowest BCUT2D eigenvalue weighted by Crippen LogP contribution is -2.70. The molecule has 0 rings (SSSR count). The fourth-order valence-corrected chi connectivity index (χ4v) is 9.51. The summed E-state index contributed by atoms with van der Waals surface area (Å²) < 4.78 is 173. The molecule has 0 aromatic carbocycles. The number of thioether (sulfide) groups is 1. The Morgan fingerprint density at radius 3 is 1.00 bits per heavy atom. The molecular formula is C52H95F13N3OS+. The van der Waals surface area contributed by atoms with Crippen LogP contribution in [0.4, 0.5) is 61.9 Å². The topological polar surface area (TPSA) is 41.1 Å². The molecule has 0 aromatic rings. The number of nitrogens with zero attached hydrogens (tertiary/aromatic N) is 1. The van der Waals surface area contributed by atoms with Crippen LogP contribution in [0, 0.1) is 0 Å². The number of halogens is 13. The van der Waals surface area contributed by atoms with Gasteiger partial charge in [0.05, 0.1) is 33.7 Å². The van der Waals surface area contributed by atoms with Crippen molar-refractivity contribution >= 4 is 17.8 Å². The van der Waals surface area contributed by atoms with Gasteiger partial charge in [-0.3, -0.25) is 0 Å². The first-order valence-electron chi connectivity index (χ1n) is 27.3. The number of hydrogen-bond acceptors (Lipinski definition) is 2. The van der Waals surface area contributed by atoms with E-state index >= 15 is 0 Å². The van der Waals surface area contributed by atoms with E-state index in [1.54, 1.807) is 0 Å². The average molecular weight is 1060 g/mol. The molecule has 0 aliphatic rings. The maximum Gasteiger partial charge on any atom is 0.460 e. The predicted octanol–water partition coefficient (Wildman–Crippen LogP) is 18.9. The predicted molar refractivity (Wildman–Crippen MR) is 263 cm³/mol. The average Bonchev–Trinajstić information content (AvgIpc) is 3.28. The summed E-state index contributed by atoms with van der Waals surface area (Å²) in [7, 11) is 4.12. The van der Waals surface area contributed by atoms with Crippen molar-refractivity contribution in [3.8, 4) is 0 Å². The van der Waals surface area contributed by atoms with Crippen LogP contribution in [-0.4, -0.2) is 98.1 Å². The zero-order chi connectivity index (χ0) is 52.9. The Morgan fingerprint density at radius 2 is 0.671 bits per heavy atom. The summed E-state index contributed by atoms with van der Waals surface area (Å²) in [5.41, 5.74) is 0. The van der Waals surface area contributed by atoms with Gasteiger partial charge in [-0.05, 0) is 30.8 Å². The fourth-order valence-electron chi connectivity index (χ4n) is 8.55. The van der Waals surface area contributed by atoms with Crippen LogP contribution in [-0.2, 0) is 0 Å². The van der Waals surface area contributed by atoms with Crippen molar-refractivity contribution in [1.82, 2.24) is 10.6 Å². The molecule has 2 amide bonds. The van der Waals surface area contributed by atoms with Gasteiger partial charge in [0, 0.05) is 13.0 Å². The molecule has 0 saturated heterocycles. The maximum atomic E-state index is 13.9. The van der Waals surface area contributed by atoms with Gasteiger partial charge in [0.2, 0.25) is 0 Å². The van der Waals surface area contributed by atoms with Crippen LogP contribution >= 0.6 is 11.8 Å². The molecule has 0 fully saturated rings. The number of amides is 2. The van der Waals surface area contributed by atoms with E-state index in [1.807, 2.05) is 0 Å². The van der Waals surface area contributed by atoms with Crippen LogP contribution in [0.3, 0.4) is 0 Å². The molecule has 0 spiro atoms. The number of unbranched alkanes of at least 4 members (excludes halogenated alkanes) is 33. The Kier molecular flexibility index (Phi) is 37.5. The third-order valence-electron chi connectivity index (χ3n) is 13.4. The quantitative estimate of drug-likeness (QED) is 0.0362. The molecule has 0 heterocycles. The lowest BCUT2D eigenvalue weighted by atomic mass is 9.93. The highest BCUT2D eigenvalue weighted by atomic mass is 32.2. The van der Waals surface area contributed by atoms with Crippen molar-refractivity contribution in [2.75, 3.05) is 51.8 Å². The van der Waals surface area contributed by atoms with Crippen LogP contribution in [0.5, 0.6) is 0 Å². The van der Waals surface area contributed by atoms with Crippen LogP contribution < -0.4 is 10.6 Å².